The van der Waals surface area contributed by atoms with Crippen LogP contribution in [0.1, 0.15) is 12.5 Å². The Morgan fingerprint density at radius 1 is 1.17 bits per heavy atom. The Labute approximate surface area is 141 Å². The van der Waals surface area contributed by atoms with Crippen molar-refractivity contribution < 1.29 is 14.6 Å². The highest BCUT2D eigenvalue weighted by Crippen LogP contribution is 2.28. The summed E-state index contributed by atoms with van der Waals surface area (Å²) in [5.41, 5.74) is 6.25. The standard InChI is InChI=1S/C18H23N3O3/c1-18(22,13-7-5-4-6-8-13)12-20-17(19)21-15-11-14(23-2)9-10-16(15)24-3/h4-11,22H,12H2,1-3H3,(H3,19,20,21). The van der Waals surface area contributed by atoms with Gasteiger partial charge in [0.2, 0.25) is 0 Å². The van der Waals surface area contributed by atoms with Crippen molar-refractivity contribution >= 4 is 11.6 Å². The molecular formula is C18H23N3O3. The van der Waals surface area contributed by atoms with Crippen LogP contribution in [0, 0.1) is 0 Å². The zero-order valence-electron chi connectivity index (χ0n) is 14.1. The Morgan fingerprint density at radius 2 is 1.88 bits per heavy atom. The summed E-state index contributed by atoms with van der Waals surface area (Å²) in [6.45, 7) is 1.83. The predicted octanol–water partition coefficient (Wildman–Crippen LogP) is 2.34. The fourth-order valence-electron chi connectivity index (χ4n) is 2.22. The number of nitrogens with one attached hydrogen (secondary N) is 1. The highest BCUT2D eigenvalue weighted by atomic mass is 16.5. The Hall–Kier alpha value is -2.73. The van der Waals surface area contributed by atoms with Gasteiger partial charge < -0.3 is 25.6 Å². The summed E-state index contributed by atoms with van der Waals surface area (Å²) in [7, 11) is 3.15. The first kappa shape index (κ1) is 17.6. The zero-order chi connectivity index (χ0) is 17.6. The molecule has 4 N–H and O–H groups in total. The lowest BCUT2D eigenvalue weighted by Gasteiger charge is -2.22. The van der Waals surface area contributed by atoms with Crippen molar-refractivity contribution in [1.82, 2.24) is 0 Å². The number of rotatable bonds is 6. The molecule has 0 saturated heterocycles. The molecule has 0 amide bonds. The largest absolute Gasteiger partial charge is 0.497 e. The van der Waals surface area contributed by atoms with Gasteiger partial charge in [0.25, 0.3) is 0 Å². The van der Waals surface area contributed by atoms with Gasteiger partial charge in [-0.15, -0.1) is 0 Å². The lowest BCUT2D eigenvalue weighted by atomic mass is 9.96. The molecule has 128 valence electrons. The Kier molecular flexibility index (Phi) is 5.65. The van der Waals surface area contributed by atoms with Gasteiger partial charge in [-0.1, -0.05) is 30.3 Å². The van der Waals surface area contributed by atoms with Crippen LogP contribution in [-0.2, 0) is 5.60 Å². The number of anilines is 1. The van der Waals surface area contributed by atoms with Crippen LogP contribution < -0.4 is 20.5 Å². The Balaban J connectivity index is 2.12. The van der Waals surface area contributed by atoms with E-state index in [2.05, 4.69) is 10.3 Å². The summed E-state index contributed by atoms with van der Waals surface area (Å²) in [6, 6.07) is 14.7. The second kappa shape index (κ2) is 7.70. The first-order chi connectivity index (χ1) is 11.5. The van der Waals surface area contributed by atoms with E-state index in [0.29, 0.717) is 17.2 Å². The number of guanidine groups is 1. The van der Waals surface area contributed by atoms with E-state index in [9.17, 15) is 5.11 Å². The molecule has 0 bridgehead atoms. The van der Waals surface area contributed by atoms with Crippen LogP contribution in [0.5, 0.6) is 11.5 Å². The maximum Gasteiger partial charge on any atom is 0.193 e. The van der Waals surface area contributed by atoms with E-state index in [-0.39, 0.29) is 12.5 Å². The van der Waals surface area contributed by atoms with E-state index >= 15 is 0 Å². The number of hydrogen-bond acceptors (Lipinski definition) is 4. The second-order valence-corrected chi connectivity index (χ2v) is 5.53. The average molecular weight is 329 g/mol. The molecule has 1 atom stereocenters. The third kappa shape index (κ3) is 4.39. The molecule has 6 heteroatoms. The SMILES string of the molecule is COc1ccc(OC)c(NC(N)=NCC(C)(O)c2ccccc2)c1. The molecule has 0 aromatic heterocycles. The lowest BCUT2D eigenvalue weighted by molar-refractivity contribution is 0.0674. The van der Waals surface area contributed by atoms with Crippen molar-refractivity contribution in [3.8, 4) is 11.5 Å². The van der Waals surface area contributed by atoms with Crippen LogP contribution in [-0.4, -0.2) is 31.8 Å². The average Bonchev–Trinajstić information content (AvgIpc) is 2.60. The van der Waals surface area contributed by atoms with Crippen LogP contribution in [0.3, 0.4) is 0 Å². The van der Waals surface area contributed by atoms with Crippen LogP contribution in [0.2, 0.25) is 0 Å². The Morgan fingerprint density at radius 3 is 2.50 bits per heavy atom. The smallest absolute Gasteiger partial charge is 0.193 e. The molecule has 2 aromatic rings. The Bertz CT molecular complexity index is 700. The molecule has 2 aromatic carbocycles. The zero-order valence-corrected chi connectivity index (χ0v) is 14.1. The molecule has 0 aliphatic heterocycles. The number of aliphatic imine (C=N–C) groups is 1. The minimum Gasteiger partial charge on any atom is -0.497 e. The number of methoxy groups -OCH3 is 2. The number of nitrogens with zero attached hydrogens (tertiary/aromatic N) is 1. The fourth-order valence-corrected chi connectivity index (χ4v) is 2.22. The third-order valence-electron chi connectivity index (χ3n) is 3.62. The van der Waals surface area contributed by atoms with Crippen molar-refractivity contribution in [3.05, 3.63) is 54.1 Å². The topological polar surface area (TPSA) is 89.1 Å². The lowest BCUT2D eigenvalue weighted by Crippen LogP contribution is -2.29. The summed E-state index contributed by atoms with van der Waals surface area (Å²) in [5.74, 6) is 1.46. The van der Waals surface area contributed by atoms with Gasteiger partial charge in [-0.2, -0.15) is 0 Å². The van der Waals surface area contributed by atoms with Crippen molar-refractivity contribution in [1.29, 1.82) is 0 Å². The molecule has 0 aliphatic carbocycles. The third-order valence-corrected chi connectivity index (χ3v) is 3.62. The molecule has 0 fully saturated rings. The predicted molar refractivity (Wildman–Crippen MR) is 95.7 cm³/mol. The summed E-state index contributed by atoms with van der Waals surface area (Å²) < 4.78 is 10.5. The normalized spacial score (nSPS) is 13.9. The number of nitrogens with two attached hydrogens (primary N) is 1. The number of benzene rings is 2. The summed E-state index contributed by atoms with van der Waals surface area (Å²) in [5, 5.41) is 13.5. The monoisotopic (exact) mass is 329 g/mol. The molecule has 1 unspecified atom stereocenters. The van der Waals surface area contributed by atoms with Crippen LogP contribution in [0.15, 0.2) is 53.5 Å². The van der Waals surface area contributed by atoms with Crippen LogP contribution in [0.4, 0.5) is 5.69 Å². The number of aliphatic hydroxyl groups is 1. The molecular weight excluding hydrogens is 306 g/mol. The highest BCUT2D eigenvalue weighted by Gasteiger charge is 2.22. The molecule has 24 heavy (non-hydrogen) atoms. The van der Waals surface area contributed by atoms with E-state index < -0.39 is 5.60 Å². The van der Waals surface area contributed by atoms with Gasteiger partial charge in [0.1, 0.15) is 17.1 Å². The van der Waals surface area contributed by atoms with E-state index in [4.69, 9.17) is 15.2 Å². The molecule has 0 heterocycles. The van der Waals surface area contributed by atoms with Gasteiger partial charge in [0.15, 0.2) is 5.96 Å². The van der Waals surface area contributed by atoms with E-state index in [1.165, 1.54) is 0 Å². The summed E-state index contributed by atoms with van der Waals surface area (Å²) >= 11 is 0. The van der Waals surface area contributed by atoms with E-state index in [1.54, 1.807) is 39.3 Å². The maximum absolute atomic E-state index is 10.5. The van der Waals surface area contributed by atoms with Crippen LogP contribution >= 0.6 is 0 Å². The van der Waals surface area contributed by atoms with Gasteiger partial charge >= 0.3 is 0 Å². The maximum atomic E-state index is 10.5. The highest BCUT2D eigenvalue weighted by molar-refractivity contribution is 5.94. The van der Waals surface area contributed by atoms with Gasteiger partial charge in [0, 0.05) is 6.07 Å². The number of hydrogen-bond donors (Lipinski definition) is 3. The first-order valence-electron chi connectivity index (χ1n) is 7.53. The molecule has 0 spiro atoms. The van der Waals surface area contributed by atoms with Crippen LogP contribution in [0.25, 0.3) is 0 Å². The van der Waals surface area contributed by atoms with Gasteiger partial charge in [-0.3, -0.25) is 0 Å². The minimum absolute atomic E-state index is 0.127. The van der Waals surface area contributed by atoms with Crippen molar-refractivity contribution in [3.63, 3.8) is 0 Å². The molecule has 0 saturated carbocycles. The molecule has 6 nitrogen and oxygen atoms in total. The minimum atomic E-state index is -1.11. The van der Waals surface area contributed by atoms with E-state index in [0.717, 1.165) is 5.56 Å². The van der Waals surface area contributed by atoms with Crippen molar-refractivity contribution in [2.24, 2.45) is 10.7 Å². The molecule has 2 rings (SSSR count). The molecule has 0 aliphatic rings. The number of ether oxygens (including phenoxy) is 2. The second-order valence-electron chi connectivity index (χ2n) is 5.53. The van der Waals surface area contributed by atoms with E-state index in [1.807, 2.05) is 30.3 Å². The molecule has 0 radical (unpaired) electrons. The fraction of sp³-hybridized carbons (Fsp3) is 0.278. The summed E-state index contributed by atoms with van der Waals surface area (Å²) in [6.07, 6.45) is 0. The van der Waals surface area contributed by atoms with Gasteiger partial charge in [0.05, 0.1) is 26.5 Å². The van der Waals surface area contributed by atoms with Crippen molar-refractivity contribution in [2.75, 3.05) is 26.1 Å². The quantitative estimate of drug-likeness (QED) is 0.559. The van der Waals surface area contributed by atoms with Gasteiger partial charge in [-0.25, -0.2) is 4.99 Å². The van der Waals surface area contributed by atoms with Gasteiger partial charge in [-0.05, 0) is 24.6 Å². The summed E-state index contributed by atoms with van der Waals surface area (Å²) in [4.78, 5) is 4.24. The first-order valence-corrected chi connectivity index (χ1v) is 7.53. The van der Waals surface area contributed by atoms with Crippen molar-refractivity contribution in [2.45, 2.75) is 12.5 Å².